The summed E-state index contributed by atoms with van der Waals surface area (Å²) in [5, 5.41) is 23.2. The van der Waals surface area contributed by atoms with Crippen molar-refractivity contribution < 1.29 is 13.9 Å². The molecule has 5 rings (SSSR count). The molecule has 34 heavy (non-hydrogen) atoms. The molecule has 0 aliphatic carbocycles. The van der Waals surface area contributed by atoms with E-state index in [1.807, 2.05) is 30.3 Å². The van der Waals surface area contributed by atoms with E-state index in [0.29, 0.717) is 35.6 Å². The summed E-state index contributed by atoms with van der Waals surface area (Å²) >= 11 is 0. The van der Waals surface area contributed by atoms with Crippen LogP contribution in [0.15, 0.2) is 63.5 Å². The minimum Gasteiger partial charge on any atom is -0.419 e. The number of rotatable bonds is 7. The fraction of sp³-hybridized carbons (Fsp3) is 0.304. The lowest BCUT2D eigenvalue weighted by Crippen LogP contribution is -2.46. The smallest absolute Gasteiger partial charge is 0.269 e. The zero-order valence-electron chi connectivity index (χ0n) is 18.6. The van der Waals surface area contributed by atoms with Gasteiger partial charge in [0.2, 0.25) is 23.5 Å². The largest absolute Gasteiger partial charge is 0.419 e. The van der Waals surface area contributed by atoms with Gasteiger partial charge in [-0.15, -0.1) is 10.2 Å². The topological polar surface area (TPSA) is 127 Å². The Balaban J connectivity index is 1.15. The molecule has 0 radical (unpaired) electrons. The Morgan fingerprint density at radius 3 is 2.44 bits per heavy atom. The molecular formula is C23H23N7O4. The van der Waals surface area contributed by atoms with Crippen LogP contribution in [-0.2, 0) is 6.54 Å². The highest BCUT2D eigenvalue weighted by Crippen LogP contribution is 2.25. The maximum absolute atomic E-state index is 10.8. The highest BCUT2D eigenvalue weighted by atomic mass is 16.6. The number of aromatic nitrogens is 4. The standard InChI is InChI=1S/C23H23N7O4/c1-16(22-24-21(27-34-22)17-5-3-2-4-6-17)29-13-11-28(12-14-29)15-20-25-26-23(33-20)18-7-9-19(10-8-18)30(31)32/h2-10,16H,11-15H2,1H3. The number of non-ortho nitro benzene ring substituents is 1. The van der Waals surface area contributed by atoms with Crippen molar-refractivity contribution in [1.82, 2.24) is 30.1 Å². The summed E-state index contributed by atoms with van der Waals surface area (Å²) < 4.78 is 11.3. The monoisotopic (exact) mass is 461 g/mol. The van der Waals surface area contributed by atoms with E-state index in [1.165, 1.54) is 12.1 Å². The summed E-state index contributed by atoms with van der Waals surface area (Å²) in [6.45, 7) is 5.97. The molecule has 2 aromatic heterocycles. The molecule has 0 N–H and O–H groups in total. The SMILES string of the molecule is CC(c1nc(-c2ccccc2)no1)N1CCN(Cc2nnc(-c3ccc([N+](=O)[O-])cc3)o2)CC1. The Labute approximate surface area is 195 Å². The van der Waals surface area contributed by atoms with E-state index in [1.54, 1.807) is 12.1 Å². The van der Waals surface area contributed by atoms with Gasteiger partial charge in [0.1, 0.15) is 0 Å². The lowest BCUT2D eigenvalue weighted by molar-refractivity contribution is -0.384. The predicted molar refractivity (Wildman–Crippen MR) is 121 cm³/mol. The number of benzene rings is 2. The molecule has 0 saturated carbocycles. The van der Waals surface area contributed by atoms with Gasteiger partial charge in [-0.1, -0.05) is 35.5 Å². The Hall–Kier alpha value is -3.96. The molecule has 4 aromatic rings. The average Bonchev–Trinajstić information content (AvgIpc) is 3.55. The Morgan fingerprint density at radius 1 is 1.00 bits per heavy atom. The lowest BCUT2D eigenvalue weighted by Gasteiger charge is -2.36. The summed E-state index contributed by atoms with van der Waals surface area (Å²) in [5.41, 5.74) is 1.60. The molecule has 11 nitrogen and oxygen atoms in total. The average molecular weight is 461 g/mol. The van der Waals surface area contributed by atoms with Crippen LogP contribution in [0.2, 0.25) is 0 Å². The first kappa shape index (κ1) is 21.9. The third-order valence-corrected chi connectivity index (χ3v) is 5.94. The first-order valence-corrected chi connectivity index (χ1v) is 11.0. The summed E-state index contributed by atoms with van der Waals surface area (Å²) in [7, 11) is 0. The molecule has 3 heterocycles. The summed E-state index contributed by atoms with van der Waals surface area (Å²) in [6, 6.07) is 15.9. The van der Waals surface area contributed by atoms with Crippen LogP contribution in [0.3, 0.4) is 0 Å². The van der Waals surface area contributed by atoms with Crippen LogP contribution < -0.4 is 0 Å². The van der Waals surface area contributed by atoms with Crippen LogP contribution in [0.4, 0.5) is 5.69 Å². The molecule has 0 amide bonds. The maximum Gasteiger partial charge on any atom is 0.269 e. The number of nitro benzene ring substituents is 1. The van der Waals surface area contributed by atoms with Crippen LogP contribution in [0.1, 0.15) is 24.7 Å². The van der Waals surface area contributed by atoms with E-state index in [4.69, 9.17) is 8.94 Å². The number of hydrogen-bond acceptors (Lipinski definition) is 10. The van der Waals surface area contributed by atoms with Gasteiger partial charge in [-0.2, -0.15) is 4.98 Å². The molecule has 1 fully saturated rings. The Kier molecular flexibility index (Phi) is 6.11. The van der Waals surface area contributed by atoms with Crippen molar-refractivity contribution >= 4 is 5.69 Å². The molecule has 1 aliphatic rings. The molecule has 0 spiro atoms. The molecule has 1 unspecified atom stereocenters. The van der Waals surface area contributed by atoms with Crippen molar-refractivity contribution in [3.05, 3.63) is 76.5 Å². The second-order valence-corrected chi connectivity index (χ2v) is 8.12. The van der Waals surface area contributed by atoms with E-state index >= 15 is 0 Å². The van der Waals surface area contributed by atoms with Gasteiger partial charge in [-0.25, -0.2) is 0 Å². The van der Waals surface area contributed by atoms with E-state index in [9.17, 15) is 10.1 Å². The number of nitrogens with zero attached hydrogens (tertiary/aromatic N) is 7. The van der Waals surface area contributed by atoms with Gasteiger partial charge in [0.15, 0.2) is 0 Å². The first-order valence-electron chi connectivity index (χ1n) is 11.0. The first-order chi connectivity index (χ1) is 16.6. The molecule has 2 aromatic carbocycles. The van der Waals surface area contributed by atoms with E-state index in [0.717, 1.165) is 31.7 Å². The van der Waals surface area contributed by atoms with Gasteiger partial charge in [-0.05, 0) is 19.1 Å². The molecule has 11 heteroatoms. The third-order valence-electron chi connectivity index (χ3n) is 5.94. The third kappa shape index (κ3) is 4.70. The summed E-state index contributed by atoms with van der Waals surface area (Å²) in [4.78, 5) is 19.5. The Bertz CT molecular complexity index is 1250. The van der Waals surface area contributed by atoms with Gasteiger partial charge < -0.3 is 8.94 Å². The summed E-state index contributed by atoms with van der Waals surface area (Å²) in [6.07, 6.45) is 0. The minimum atomic E-state index is -0.440. The van der Waals surface area contributed by atoms with Crippen molar-refractivity contribution in [2.75, 3.05) is 26.2 Å². The minimum absolute atomic E-state index is 0.0178. The zero-order chi connectivity index (χ0) is 23.5. The van der Waals surface area contributed by atoms with Crippen molar-refractivity contribution in [3.8, 4) is 22.8 Å². The van der Waals surface area contributed by atoms with Crippen molar-refractivity contribution in [1.29, 1.82) is 0 Å². The zero-order valence-corrected chi connectivity index (χ0v) is 18.6. The highest BCUT2D eigenvalue weighted by Gasteiger charge is 2.27. The summed E-state index contributed by atoms with van der Waals surface area (Å²) in [5.74, 6) is 2.07. The molecule has 1 atom stereocenters. The number of nitro groups is 1. The fourth-order valence-electron chi connectivity index (χ4n) is 3.93. The Morgan fingerprint density at radius 2 is 1.74 bits per heavy atom. The van der Waals surface area contributed by atoms with Gasteiger partial charge >= 0.3 is 0 Å². The van der Waals surface area contributed by atoms with Crippen LogP contribution in [0.25, 0.3) is 22.8 Å². The predicted octanol–water partition coefficient (Wildman–Crippen LogP) is 3.57. The van der Waals surface area contributed by atoms with Gasteiger partial charge in [0.05, 0.1) is 17.5 Å². The van der Waals surface area contributed by atoms with E-state index in [-0.39, 0.29) is 11.7 Å². The molecule has 174 valence electrons. The normalized spacial score (nSPS) is 15.9. The molecular weight excluding hydrogens is 438 g/mol. The van der Waals surface area contributed by atoms with Crippen molar-refractivity contribution in [3.63, 3.8) is 0 Å². The maximum atomic E-state index is 10.8. The number of hydrogen-bond donors (Lipinski definition) is 0. The lowest BCUT2D eigenvalue weighted by atomic mass is 10.2. The second-order valence-electron chi connectivity index (χ2n) is 8.12. The number of piperazine rings is 1. The molecule has 1 aliphatic heterocycles. The quantitative estimate of drug-likeness (QED) is 0.297. The van der Waals surface area contributed by atoms with E-state index in [2.05, 4.69) is 37.1 Å². The van der Waals surface area contributed by atoms with Gasteiger partial charge in [0.25, 0.3) is 5.69 Å². The van der Waals surface area contributed by atoms with Gasteiger partial charge in [-0.3, -0.25) is 19.9 Å². The van der Waals surface area contributed by atoms with Gasteiger partial charge in [0, 0.05) is 49.4 Å². The highest BCUT2D eigenvalue weighted by molar-refractivity contribution is 5.55. The van der Waals surface area contributed by atoms with Crippen LogP contribution in [0, 0.1) is 10.1 Å². The van der Waals surface area contributed by atoms with Crippen molar-refractivity contribution in [2.45, 2.75) is 19.5 Å². The van der Waals surface area contributed by atoms with Crippen molar-refractivity contribution in [2.24, 2.45) is 0 Å². The molecule has 0 bridgehead atoms. The van der Waals surface area contributed by atoms with Crippen LogP contribution in [0.5, 0.6) is 0 Å². The molecule has 1 saturated heterocycles. The van der Waals surface area contributed by atoms with E-state index < -0.39 is 4.92 Å². The van der Waals surface area contributed by atoms with Crippen LogP contribution >= 0.6 is 0 Å². The second kappa shape index (κ2) is 9.49. The fourth-order valence-corrected chi connectivity index (χ4v) is 3.93. The van der Waals surface area contributed by atoms with Crippen LogP contribution in [-0.4, -0.2) is 61.2 Å².